The van der Waals surface area contributed by atoms with E-state index in [2.05, 4.69) is 9.47 Å². The average Bonchev–Trinajstić information content (AvgIpc) is 2.51. The molecular weight excluding hydrogens is 292 g/mol. The summed E-state index contributed by atoms with van der Waals surface area (Å²) in [5.74, 6) is -1.37. The van der Waals surface area contributed by atoms with Gasteiger partial charge in [0, 0.05) is 6.42 Å². The Morgan fingerprint density at radius 3 is 1.68 bits per heavy atom. The zero-order valence-electron chi connectivity index (χ0n) is 14.4. The largest absolute Gasteiger partial charge is 0.468 e. The summed E-state index contributed by atoms with van der Waals surface area (Å²) in [5, 5.41) is 18.5. The number of methoxy groups -OCH3 is 2. The van der Waals surface area contributed by atoms with Gasteiger partial charge in [0.25, 0.3) is 0 Å². The molecule has 0 spiro atoms. The van der Waals surface area contributed by atoms with Crippen LogP contribution in [0.1, 0.15) is 47.5 Å². The molecular formula is C15H28O7. The zero-order valence-corrected chi connectivity index (χ0v) is 14.4. The Kier molecular flexibility index (Phi) is 9.88. The molecule has 0 aliphatic carbocycles. The predicted octanol–water partition coefficient (Wildman–Crippen LogP) is 0.846. The van der Waals surface area contributed by atoms with Gasteiger partial charge in [0.15, 0.2) is 5.60 Å². The molecule has 7 nitrogen and oxygen atoms in total. The molecule has 0 bridgehead atoms. The smallest absolute Gasteiger partial charge is 0.340 e. The van der Waals surface area contributed by atoms with Gasteiger partial charge in [-0.25, -0.2) is 4.79 Å². The van der Waals surface area contributed by atoms with Crippen molar-refractivity contribution in [2.75, 3.05) is 14.2 Å². The molecule has 0 amide bonds. The number of ketones is 1. The van der Waals surface area contributed by atoms with E-state index in [0.717, 1.165) is 0 Å². The first-order chi connectivity index (χ1) is 9.93. The summed E-state index contributed by atoms with van der Waals surface area (Å²) in [4.78, 5) is 32.9. The van der Waals surface area contributed by atoms with Crippen LogP contribution in [0.25, 0.3) is 0 Å². The van der Waals surface area contributed by atoms with Gasteiger partial charge in [0.2, 0.25) is 0 Å². The second-order valence-electron chi connectivity index (χ2n) is 5.46. The molecule has 0 rings (SSSR count). The quantitative estimate of drug-likeness (QED) is 0.551. The van der Waals surface area contributed by atoms with E-state index in [-0.39, 0.29) is 5.78 Å². The Labute approximate surface area is 131 Å². The van der Waals surface area contributed by atoms with E-state index in [1.165, 1.54) is 21.1 Å². The summed E-state index contributed by atoms with van der Waals surface area (Å²) in [6.07, 6.45) is -0.403. The summed E-state index contributed by atoms with van der Waals surface area (Å²) in [6.45, 7) is 7.78. The molecule has 0 unspecified atom stereocenters. The molecule has 0 saturated heterocycles. The van der Waals surface area contributed by atoms with Gasteiger partial charge in [-0.2, -0.15) is 0 Å². The lowest BCUT2D eigenvalue weighted by atomic mass is 9.87. The molecule has 0 aromatic carbocycles. The van der Waals surface area contributed by atoms with Gasteiger partial charge in [-0.3, -0.25) is 9.59 Å². The number of ether oxygens (including phenoxy) is 2. The van der Waals surface area contributed by atoms with Crippen LogP contribution in [-0.2, 0) is 23.9 Å². The van der Waals surface area contributed by atoms with Crippen LogP contribution in [0.5, 0.6) is 0 Å². The van der Waals surface area contributed by atoms with Crippen LogP contribution in [0, 0.1) is 5.41 Å². The maximum absolute atomic E-state index is 11.1. The highest BCUT2D eigenvalue weighted by Crippen LogP contribution is 2.19. The third-order valence-corrected chi connectivity index (χ3v) is 3.35. The molecule has 0 aliphatic rings. The molecule has 0 heterocycles. The van der Waals surface area contributed by atoms with Crippen LogP contribution in [-0.4, -0.2) is 53.9 Å². The number of hydrogen-bond acceptors (Lipinski definition) is 7. The third-order valence-electron chi connectivity index (χ3n) is 3.35. The molecule has 2 atom stereocenters. The van der Waals surface area contributed by atoms with Crippen LogP contribution in [0.3, 0.4) is 0 Å². The fourth-order valence-electron chi connectivity index (χ4n) is 1.55. The van der Waals surface area contributed by atoms with Gasteiger partial charge in [0.05, 0.1) is 20.3 Å². The van der Waals surface area contributed by atoms with Crippen LogP contribution in [0.2, 0.25) is 0 Å². The number of hydrogen-bond donors (Lipinski definition) is 2. The van der Waals surface area contributed by atoms with E-state index in [0.29, 0.717) is 12.8 Å². The summed E-state index contributed by atoms with van der Waals surface area (Å²) in [5.41, 5.74) is -2.77. The van der Waals surface area contributed by atoms with Crippen LogP contribution in [0.15, 0.2) is 0 Å². The average molecular weight is 320 g/mol. The number of rotatable bonds is 6. The van der Waals surface area contributed by atoms with Crippen molar-refractivity contribution < 1.29 is 34.1 Å². The van der Waals surface area contributed by atoms with Crippen molar-refractivity contribution in [3.63, 3.8) is 0 Å². The number of esters is 2. The SMILES string of the molecule is CCC(=O)C(C)(C)C(=O)OC.CC[C@@H](O)[C@](C)(O)C(=O)OC. The van der Waals surface area contributed by atoms with Gasteiger partial charge in [0.1, 0.15) is 11.2 Å². The molecule has 7 heteroatoms. The number of Topliss-reactive ketones (excluding diaryl/α,β-unsaturated/α-hetero) is 1. The summed E-state index contributed by atoms with van der Waals surface area (Å²) in [6, 6.07) is 0. The number of carbonyl (C=O) groups excluding carboxylic acids is 3. The van der Waals surface area contributed by atoms with Crippen LogP contribution < -0.4 is 0 Å². The van der Waals surface area contributed by atoms with Gasteiger partial charge >= 0.3 is 11.9 Å². The van der Waals surface area contributed by atoms with Gasteiger partial charge in [-0.15, -0.1) is 0 Å². The lowest BCUT2D eigenvalue weighted by Gasteiger charge is -2.24. The van der Waals surface area contributed by atoms with E-state index < -0.39 is 29.1 Å². The van der Waals surface area contributed by atoms with Crippen molar-refractivity contribution in [3.05, 3.63) is 0 Å². The van der Waals surface area contributed by atoms with E-state index in [1.807, 2.05) is 0 Å². The molecule has 2 N–H and O–H groups in total. The standard InChI is InChI=1S/C8H14O3.C7H14O4/c1-5-6(9)8(2,3)7(10)11-4;1-4-5(8)7(2,10)6(9)11-3/h5H2,1-4H3;5,8,10H,4H2,1-3H3/t;5-,7+/m.1/s1. The lowest BCUT2D eigenvalue weighted by Crippen LogP contribution is -2.47. The Balaban J connectivity index is 0. The molecule has 130 valence electrons. The Hall–Kier alpha value is -1.47. The summed E-state index contributed by atoms with van der Waals surface area (Å²) in [7, 11) is 2.45. The highest BCUT2D eigenvalue weighted by molar-refractivity contribution is 6.02. The van der Waals surface area contributed by atoms with Crippen molar-refractivity contribution in [3.8, 4) is 0 Å². The van der Waals surface area contributed by atoms with Gasteiger partial charge < -0.3 is 19.7 Å². The second kappa shape index (κ2) is 9.53. The number of aliphatic hydroxyl groups excluding tert-OH is 1. The second-order valence-corrected chi connectivity index (χ2v) is 5.46. The first kappa shape index (κ1) is 22.8. The minimum atomic E-state index is -1.79. The third kappa shape index (κ3) is 6.11. The Morgan fingerprint density at radius 2 is 1.41 bits per heavy atom. The highest BCUT2D eigenvalue weighted by Gasteiger charge is 2.38. The number of carbonyl (C=O) groups is 3. The minimum absolute atomic E-state index is 0.0932. The molecule has 0 fully saturated rings. The zero-order chi connectivity index (χ0) is 18.1. The predicted molar refractivity (Wildman–Crippen MR) is 80.0 cm³/mol. The Morgan fingerprint density at radius 1 is 1.00 bits per heavy atom. The highest BCUT2D eigenvalue weighted by atomic mass is 16.5. The maximum atomic E-state index is 11.1. The molecule has 0 saturated carbocycles. The maximum Gasteiger partial charge on any atom is 0.340 e. The fourth-order valence-corrected chi connectivity index (χ4v) is 1.55. The fraction of sp³-hybridized carbons (Fsp3) is 0.800. The molecule has 22 heavy (non-hydrogen) atoms. The number of aliphatic hydroxyl groups is 2. The molecule has 0 aromatic rings. The van der Waals surface area contributed by atoms with E-state index in [9.17, 15) is 19.5 Å². The van der Waals surface area contributed by atoms with E-state index >= 15 is 0 Å². The van der Waals surface area contributed by atoms with Crippen molar-refractivity contribution in [2.24, 2.45) is 5.41 Å². The van der Waals surface area contributed by atoms with E-state index in [4.69, 9.17) is 5.11 Å². The topological polar surface area (TPSA) is 110 Å². The van der Waals surface area contributed by atoms with Crippen molar-refractivity contribution in [1.29, 1.82) is 0 Å². The van der Waals surface area contributed by atoms with Crippen molar-refractivity contribution in [2.45, 2.75) is 59.2 Å². The first-order valence-electron chi connectivity index (χ1n) is 7.03. The van der Waals surface area contributed by atoms with E-state index in [1.54, 1.807) is 27.7 Å². The van der Waals surface area contributed by atoms with Crippen molar-refractivity contribution in [1.82, 2.24) is 0 Å². The monoisotopic (exact) mass is 320 g/mol. The first-order valence-corrected chi connectivity index (χ1v) is 7.03. The minimum Gasteiger partial charge on any atom is -0.468 e. The van der Waals surface area contributed by atoms with Crippen LogP contribution >= 0.6 is 0 Å². The molecule has 0 aliphatic heterocycles. The van der Waals surface area contributed by atoms with Crippen LogP contribution in [0.4, 0.5) is 0 Å². The normalized spacial score (nSPS) is 14.8. The molecule has 0 radical (unpaired) electrons. The lowest BCUT2D eigenvalue weighted by molar-refractivity contribution is -0.172. The van der Waals surface area contributed by atoms with Gasteiger partial charge in [-0.05, 0) is 27.2 Å². The summed E-state index contributed by atoms with van der Waals surface area (Å²) >= 11 is 0. The summed E-state index contributed by atoms with van der Waals surface area (Å²) < 4.78 is 8.77. The van der Waals surface area contributed by atoms with Gasteiger partial charge in [-0.1, -0.05) is 13.8 Å². The molecule has 0 aromatic heterocycles. The van der Waals surface area contributed by atoms with Crippen molar-refractivity contribution >= 4 is 17.7 Å². The Bertz CT molecular complexity index is 367.